The van der Waals surface area contributed by atoms with Crippen molar-refractivity contribution in [1.29, 1.82) is 0 Å². The van der Waals surface area contributed by atoms with Crippen molar-refractivity contribution in [1.82, 2.24) is 24.3 Å². The first-order chi connectivity index (χ1) is 19.5. The molecule has 208 valence electrons. The zero-order valence-corrected chi connectivity index (χ0v) is 24.0. The Morgan fingerprint density at radius 1 is 1.10 bits per heavy atom. The van der Waals surface area contributed by atoms with E-state index in [1.54, 1.807) is 6.33 Å². The SMILES string of the molecule is CCOC(=O)c1ncn2c1CCc1c-2ccc(C)c1CCN1CCN(c2cccc3nc(C)ccc23)C[C@H]1NCl. The van der Waals surface area contributed by atoms with Crippen molar-refractivity contribution in [2.45, 2.75) is 46.2 Å². The third kappa shape index (κ3) is 4.85. The molecule has 8 nitrogen and oxygen atoms in total. The van der Waals surface area contributed by atoms with Gasteiger partial charge in [-0.05, 0) is 98.8 Å². The third-order valence-electron chi connectivity index (χ3n) is 8.30. The molecule has 0 bridgehead atoms. The number of halogens is 1. The minimum Gasteiger partial charge on any atom is -0.461 e. The average molecular weight is 559 g/mol. The molecule has 0 aliphatic carbocycles. The maximum Gasteiger partial charge on any atom is 0.358 e. The van der Waals surface area contributed by atoms with Gasteiger partial charge < -0.3 is 14.2 Å². The molecule has 0 saturated carbocycles. The van der Waals surface area contributed by atoms with Crippen LogP contribution >= 0.6 is 11.8 Å². The summed E-state index contributed by atoms with van der Waals surface area (Å²) in [5, 5.41) is 1.17. The molecule has 4 heterocycles. The quantitative estimate of drug-likeness (QED) is 0.259. The van der Waals surface area contributed by atoms with Gasteiger partial charge in [0.15, 0.2) is 5.69 Å². The molecule has 1 N–H and O–H groups in total. The number of hydrogen-bond donors (Lipinski definition) is 1. The number of esters is 1. The number of hydrogen-bond acceptors (Lipinski definition) is 7. The van der Waals surface area contributed by atoms with Gasteiger partial charge in [0.1, 0.15) is 6.33 Å². The Labute approximate surface area is 240 Å². The molecular weight excluding hydrogens is 524 g/mol. The van der Waals surface area contributed by atoms with Crippen LogP contribution in [0.2, 0.25) is 0 Å². The maximum absolute atomic E-state index is 12.4. The number of aryl methyl sites for hydroxylation is 2. The summed E-state index contributed by atoms with van der Waals surface area (Å²) in [6.07, 6.45) is 4.36. The topological polar surface area (TPSA) is 75.5 Å². The smallest absolute Gasteiger partial charge is 0.358 e. The zero-order chi connectivity index (χ0) is 27.8. The number of carbonyl (C=O) groups excluding carboxylic acids is 1. The van der Waals surface area contributed by atoms with E-state index in [1.807, 2.05) is 13.8 Å². The first-order valence-electron chi connectivity index (χ1n) is 14.0. The van der Waals surface area contributed by atoms with E-state index in [4.69, 9.17) is 21.5 Å². The van der Waals surface area contributed by atoms with Crippen molar-refractivity contribution in [2.75, 3.05) is 37.7 Å². The van der Waals surface area contributed by atoms with Gasteiger partial charge in [0, 0.05) is 42.9 Å². The van der Waals surface area contributed by atoms with Crippen LogP contribution in [0.3, 0.4) is 0 Å². The van der Waals surface area contributed by atoms with Crippen LogP contribution in [-0.2, 0) is 24.0 Å². The van der Waals surface area contributed by atoms with Crippen molar-refractivity contribution in [2.24, 2.45) is 0 Å². The Balaban J connectivity index is 1.20. The summed E-state index contributed by atoms with van der Waals surface area (Å²) in [6.45, 7) is 9.89. The number of ether oxygens (including phenoxy) is 1. The Kier molecular flexibility index (Phi) is 7.49. The molecule has 2 aromatic heterocycles. The molecule has 2 aromatic carbocycles. The van der Waals surface area contributed by atoms with Crippen molar-refractivity contribution in [3.05, 3.63) is 82.6 Å². The molecule has 0 radical (unpaired) electrons. The number of pyridine rings is 1. The third-order valence-corrected chi connectivity index (χ3v) is 8.55. The van der Waals surface area contributed by atoms with E-state index >= 15 is 0 Å². The summed E-state index contributed by atoms with van der Waals surface area (Å²) in [5.74, 6) is -0.347. The molecule has 0 amide bonds. The van der Waals surface area contributed by atoms with E-state index in [9.17, 15) is 4.79 Å². The van der Waals surface area contributed by atoms with Crippen LogP contribution in [0.4, 0.5) is 5.69 Å². The molecule has 0 unspecified atom stereocenters. The molecule has 2 aliphatic heterocycles. The molecule has 1 saturated heterocycles. The fourth-order valence-electron chi connectivity index (χ4n) is 6.27. The van der Waals surface area contributed by atoms with Gasteiger partial charge in [-0.25, -0.2) is 14.6 Å². The molecule has 1 fully saturated rings. The number of aromatic nitrogens is 3. The van der Waals surface area contributed by atoms with E-state index in [-0.39, 0.29) is 12.1 Å². The number of benzene rings is 2. The zero-order valence-electron chi connectivity index (χ0n) is 23.3. The highest BCUT2D eigenvalue weighted by Gasteiger charge is 2.29. The highest BCUT2D eigenvalue weighted by Crippen LogP contribution is 2.32. The molecule has 0 spiro atoms. The predicted molar refractivity (Wildman–Crippen MR) is 158 cm³/mol. The fourth-order valence-corrected chi connectivity index (χ4v) is 6.47. The standard InChI is InChI=1S/C31H35ClN6O2/c1-4-40-31(39)30-28-13-11-23-22(20(2)8-12-27(23)38(28)19-33-30)14-15-36-16-17-37(18-29(36)35-32)26-7-5-6-25-24(26)10-9-21(3)34-25/h5-10,12,19,29,35H,4,11,13-18H2,1-3H3/t29-/m0/s1. The number of nitrogens with zero attached hydrogens (tertiary/aromatic N) is 5. The highest BCUT2D eigenvalue weighted by atomic mass is 35.5. The second-order valence-electron chi connectivity index (χ2n) is 10.6. The fraction of sp³-hybridized carbons (Fsp3) is 0.387. The van der Waals surface area contributed by atoms with Crippen LogP contribution in [0, 0.1) is 13.8 Å². The van der Waals surface area contributed by atoms with Gasteiger partial charge >= 0.3 is 5.97 Å². The number of fused-ring (bicyclic) bond motifs is 4. The highest BCUT2D eigenvalue weighted by molar-refractivity contribution is 6.13. The van der Waals surface area contributed by atoms with Gasteiger partial charge in [-0.15, -0.1) is 0 Å². The van der Waals surface area contributed by atoms with Gasteiger partial charge in [-0.3, -0.25) is 9.88 Å². The lowest BCUT2D eigenvalue weighted by atomic mass is 9.90. The average Bonchev–Trinajstić information content (AvgIpc) is 3.41. The van der Waals surface area contributed by atoms with Crippen LogP contribution < -0.4 is 9.74 Å². The van der Waals surface area contributed by atoms with Crippen molar-refractivity contribution >= 4 is 34.3 Å². The van der Waals surface area contributed by atoms with Crippen LogP contribution in [0.1, 0.15) is 45.5 Å². The lowest BCUT2D eigenvalue weighted by molar-refractivity contribution is 0.0518. The van der Waals surface area contributed by atoms with Crippen LogP contribution in [0.5, 0.6) is 0 Å². The summed E-state index contributed by atoms with van der Waals surface area (Å²) in [5.41, 5.74) is 9.73. The number of rotatable bonds is 7. The molecule has 6 rings (SSSR count). The molecular formula is C31H35ClN6O2. The van der Waals surface area contributed by atoms with Gasteiger partial charge in [0.25, 0.3) is 0 Å². The second kappa shape index (κ2) is 11.2. The molecule has 40 heavy (non-hydrogen) atoms. The van der Waals surface area contributed by atoms with E-state index < -0.39 is 0 Å². The largest absolute Gasteiger partial charge is 0.461 e. The molecule has 4 aromatic rings. The van der Waals surface area contributed by atoms with Gasteiger partial charge in [-0.2, -0.15) is 0 Å². The first kappa shape index (κ1) is 26.7. The van der Waals surface area contributed by atoms with Crippen molar-refractivity contribution in [3.63, 3.8) is 0 Å². The number of nitrogens with one attached hydrogen (secondary N) is 1. The number of anilines is 1. The van der Waals surface area contributed by atoms with Gasteiger partial charge in [-0.1, -0.05) is 12.1 Å². The Hall–Kier alpha value is -3.46. The lowest BCUT2D eigenvalue weighted by Crippen LogP contribution is -2.57. The van der Waals surface area contributed by atoms with E-state index in [2.05, 4.69) is 73.6 Å². The van der Waals surface area contributed by atoms with Crippen molar-refractivity contribution < 1.29 is 9.53 Å². The summed E-state index contributed by atoms with van der Waals surface area (Å²) >= 11 is 6.32. The summed E-state index contributed by atoms with van der Waals surface area (Å²) in [7, 11) is 0. The van der Waals surface area contributed by atoms with Gasteiger partial charge in [0.05, 0.1) is 29.7 Å². The molecule has 9 heteroatoms. The van der Waals surface area contributed by atoms with Crippen LogP contribution in [0.25, 0.3) is 16.6 Å². The minimum absolute atomic E-state index is 0.0244. The number of imidazole rings is 1. The first-order valence-corrected chi connectivity index (χ1v) is 14.4. The van der Waals surface area contributed by atoms with E-state index in [0.717, 1.165) is 68.0 Å². The van der Waals surface area contributed by atoms with Crippen LogP contribution in [0.15, 0.2) is 48.8 Å². The maximum atomic E-state index is 12.4. The van der Waals surface area contributed by atoms with Crippen LogP contribution in [-0.4, -0.2) is 64.4 Å². The Morgan fingerprint density at radius 2 is 1.98 bits per heavy atom. The van der Waals surface area contributed by atoms with Gasteiger partial charge in [0.2, 0.25) is 0 Å². The summed E-state index contributed by atoms with van der Waals surface area (Å²) in [4.78, 5) is 29.4. The second-order valence-corrected chi connectivity index (χ2v) is 10.9. The minimum atomic E-state index is -0.347. The number of piperazine rings is 1. The number of carbonyl (C=O) groups is 1. The lowest BCUT2D eigenvalue weighted by Gasteiger charge is -2.42. The van der Waals surface area contributed by atoms with Crippen molar-refractivity contribution in [3.8, 4) is 5.69 Å². The van der Waals surface area contributed by atoms with E-state index in [0.29, 0.717) is 12.3 Å². The normalized spacial score (nSPS) is 17.1. The Bertz CT molecular complexity index is 1570. The molecule has 2 aliphatic rings. The predicted octanol–water partition coefficient (Wildman–Crippen LogP) is 4.75. The summed E-state index contributed by atoms with van der Waals surface area (Å²) < 4.78 is 7.29. The Morgan fingerprint density at radius 3 is 2.80 bits per heavy atom. The monoisotopic (exact) mass is 558 g/mol. The summed E-state index contributed by atoms with van der Waals surface area (Å²) in [6, 6.07) is 14.9. The van der Waals surface area contributed by atoms with E-state index in [1.165, 1.54) is 27.8 Å². The molecule has 1 atom stereocenters.